The third kappa shape index (κ3) is 5.21. The van der Waals surface area contributed by atoms with E-state index in [-0.39, 0.29) is 11.9 Å². The lowest BCUT2D eigenvalue weighted by atomic mass is 10.0. The second-order valence-corrected chi connectivity index (χ2v) is 8.28. The topological polar surface area (TPSA) is 89.3 Å². The van der Waals surface area contributed by atoms with Gasteiger partial charge in [-0.3, -0.25) is 9.78 Å². The molecule has 162 valence electrons. The Balaban J connectivity index is 1.46. The molecule has 1 aliphatic carbocycles. The molecule has 1 heterocycles. The van der Waals surface area contributed by atoms with E-state index in [9.17, 15) is 4.79 Å². The van der Waals surface area contributed by atoms with Gasteiger partial charge in [-0.25, -0.2) is 0 Å². The number of carbonyl (C=O) groups is 1. The maximum atomic E-state index is 12.7. The van der Waals surface area contributed by atoms with E-state index in [0.29, 0.717) is 18.0 Å². The quantitative estimate of drug-likeness (QED) is 0.485. The number of amides is 1. The van der Waals surface area contributed by atoms with Crippen LogP contribution in [-0.2, 0) is 0 Å². The molecule has 1 atom stereocenters. The number of fused-ring (bicyclic) bond motifs is 1. The fourth-order valence-electron chi connectivity index (χ4n) is 3.55. The summed E-state index contributed by atoms with van der Waals surface area (Å²) in [5.41, 5.74) is 9.89. The van der Waals surface area contributed by atoms with Crippen LogP contribution in [0.3, 0.4) is 0 Å². The Morgan fingerprint density at radius 3 is 2.71 bits per heavy atom. The molecule has 1 fully saturated rings. The van der Waals surface area contributed by atoms with Crippen LogP contribution in [0.5, 0.6) is 5.75 Å². The monoisotopic (exact) mass is 418 g/mol. The van der Waals surface area contributed by atoms with Crippen molar-refractivity contribution in [1.29, 1.82) is 0 Å². The summed E-state index contributed by atoms with van der Waals surface area (Å²) >= 11 is 0. The van der Waals surface area contributed by atoms with Crippen molar-refractivity contribution in [3.8, 4) is 5.75 Å². The Morgan fingerprint density at radius 2 is 2.00 bits per heavy atom. The summed E-state index contributed by atoms with van der Waals surface area (Å²) in [4.78, 5) is 17.4. The number of hydrogen-bond donors (Lipinski definition) is 3. The molecule has 2 aromatic carbocycles. The fourth-order valence-corrected chi connectivity index (χ4v) is 3.55. The van der Waals surface area contributed by atoms with Gasteiger partial charge in [-0.05, 0) is 80.1 Å². The van der Waals surface area contributed by atoms with Crippen molar-refractivity contribution in [2.45, 2.75) is 32.7 Å². The second kappa shape index (κ2) is 9.45. The van der Waals surface area contributed by atoms with Crippen LogP contribution >= 0.6 is 0 Å². The zero-order chi connectivity index (χ0) is 21.8. The van der Waals surface area contributed by atoms with Crippen LogP contribution in [0, 0.1) is 12.8 Å². The van der Waals surface area contributed by atoms with E-state index in [4.69, 9.17) is 10.5 Å². The van der Waals surface area contributed by atoms with E-state index in [1.807, 2.05) is 37.4 Å². The highest BCUT2D eigenvalue weighted by Gasteiger charge is 2.22. The summed E-state index contributed by atoms with van der Waals surface area (Å²) in [5, 5.41) is 7.44. The van der Waals surface area contributed by atoms with Crippen molar-refractivity contribution in [3.63, 3.8) is 0 Å². The van der Waals surface area contributed by atoms with Crippen molar-refractivity contribution in [3.05, 3.63) is 65.4 Å². The van der Waals surface area contributed by atoms with E-state index >= 15 is 0 Å². The largest absolute Gasteiger partial charge is 0.493 e. The predicted octanol–water partition coefficient (Wildman–Crippen LogP) is 4.19. The van der Waals surface area contributed by atoms with Gasteiger partial charge in [0, 0.05) is 42.0 Å². The number of aryl methyl sites for hydroxylation is 1. The van der Waals surface area contributed by atoms with Crippen molar-refractivity contribution in [2.24, 2.45) is 11.7 Å². The highest BCUT2D eigenvalue weighted by molar-refractivity contribution is 6.06. The first-order valence-corrected chi connectivity index (χ1v) is 10.9. The van der Waals surface area contributed by atoms with Gasteiger partial charge in [-0.1, -0.05) is 6.07 Å². The van der Waals surface area contributed by atoms with E-state index < -0.39 is 0 Å². The Morgan fingerprint density at radius 1 is 1.23 bits per heavy atom. The second-order valence-electron chi connectivity index (χ2n) is 8.28. The number of nitrogens with one attached hydrogen (secondary N) is 2. The number of pyridine rings is 1. The lowest BCUT2D eigenvalue weighted by molar-refractivity contribution is 0.102. The molecule has 0 radical (unpaired) electrons. The van der Waals surface area contributed by atoms with Crippen molar-refractivity contribution in [2.75, 3.05) is 25.0 Å². The van der Waals surface area contributed by atoms with E-state index in [1.54, 1.807) is 12.1 Å². The van der Waals surface area contributed by atoms with E-state index in [0.717, 1.165) is 46.6 Å². The van der Waals surface area contributed by atoms with Crippen LogP contribution in [0.4, 0.5) is 5.69 Å². The number of nitrogens with zero attached hydrogens (tertiary/aromatic N) is 1. The van der Waals surface area contributed by atoms with Gasteiger partial charge in [0.2, 0.25) is 0 Å². The van der Waals surface area contributed by atoms with Gasteiger partial charge in [0.15, 0.2) is 0 Å². The number of rotatable bonds is 9. The molecule has 4 N–H and O–H groups in total. The van der Waals surface area contributed by atoms with Gasteiger partial charge >= 0.3 is 0 Å². The first kappa shape index (κ1) is 21.3. The molecule has 4 rings (SSSR count). The molecular formula is C25H30N4O2. The third-order valence-corrected chi connectivity index (χ3v) is 5.77. The summed E-state index contributed by atoms with van der Waals surface area (Å²) in [5.74, 6) is 1.36. The summed E-state index contributed by atoms with van der Waals surface area (Å²) in [6, 6.07) is 13.6. The molecule has 1 amide bonds. The van der Waals surface area contributed by atoms with Crippen molar-refractivity contribution >= 4 is 22.5 Å². The maximum Gasteiger partial charge on any atom is 0.255 e. The average molecular weight is 419 g/mol. The predicted molar refractivity (Wildman–Crippen MR) is 125 cm³/mol. The summed E-state index contributed by atoms with van der Waals surface area (Å²) in [6.45, 7) is 6.21. The van der Waals surface area contributed by atoms with Crippen LogP contribution in [0.15, 0.2) is 48.7 Å². The summed E-state index contributed by atoms with van der Waals surface area (Å²) < 4.78 is 5.75. The SMILES string of the molecule is Cc1c(NC(=O)c2ccc(OCC3CC3)cc2)ccc2cc(C(C)NCCN)cnc12. The van der Waals surface area contributed by atoms with Crippen LogP contribution in [-0.4, -0.2) is 30.6 Å². The molecule has 3 aromatic rings. The molecule has 6 nitrogen and oxygen atoms in total. The lowest BCUT2D eigenvalue weighted by Crippen LogP contribution is -2.25. The summed E-state index contributed by atoms with van der Waals surface area (Å²) in [7, 11) is 0. The van der Waals surface area contributed by atoms with Crippen molar-refractivity contribution in [1.82, 2.24) is 10.3 Å². The van der Waals surface area contributed by atoms with Gasteiger partial charge in [0.05, 0.1) is 12.1 Å². The van der Waals surface area contributed by atoms with E-state index in [2.05, 4.69) is 28.6 Å². The average Bonchev–Trinajstić information content (AvgIpc) is 3.62. The number of ether oxygens (including phenoxy) is 1. The molecule has 1 unspecified atom stereocenters. The van der Waals surface area contributed by atoms with Gasteiger partial charge in [0.1, 0.15) is 5.75 Å². The number of anilines is 1. The number of nitrogens with two attached hydrogens (primary N) is 1. The van der Waals surface area contributed by atoms with Crippen molar-refractivity contribution < 1.29 is 9.53 Å². The van der Waals surface area contributed by atoms with Crippen LogP contribution < -0.4 is 21.1 Å². The zero-order valence-electron chi connectivity index (χ0n) is 18.2. The molecule has 1 aliphatic rings. The van der Waals surface area contributed by atoms with Gasteiger partial charge < -0.3 is 21.1 Å². The highest BCUT2D eigenvalue weighted by Crippen LogP contribution is 2.30. The summed E-state index contributed by atoms with van der Waals surface area (Å²) in [6.07, 6.45) is 4.40. The van der Waals surface area contributed by atoms with Gasteiger partial charge in [-0.2, -0.15) is 0 Å². The highest BCUT2D eigenvalue weighted by atomic mass is 16.5. The number of aromatic nitrogens is 1. The Hall–Kier alpha value is -2.96. The smallest absolute Gasteiger partial charge is 0.255 e. The first-order chi connectivity index (χ1) is 15.0. The van der Waals surface area contributed by atoms with E-state index in [1.165, 1.54) is 12.8 Å². The minimum Gasteiger partial charge on any atom is -0.493 e. The van der Waals surface area contributed by atoms with Gasteiger partial charge in [0.25, 0.3) is 5.91 Å². The Bertz CT molecular complexity index is 1060. The number of hydrogen-bond acceptors (Lipinski definition) is 5. The zero-order valence-corrected chi connectivity index (χ0v) is 18.2. The molecule has 31 heavy (non-hydrogen) atoms. The molecule has 1 aromatic heterocycles. The molecule has 0 saturated heterocycles. The minimum atomic E-state index is -0.146. The molecule has 1 saturated carbocycles. The lowest BCUT2D eigenvalue weighted by Gasteiger charge is -2.15. The Kier molecular flexibility index (Phi) is 6.49. The number of carbonyl (C=O) groups excluding carboxylic acids is 1. The van der Waals surface area contributed by atoms with Gasteiger partial charge in [-0.15, -0.1) is 0 Å². The van der Waals surface area contributed by atoms with Crippen LogP contribution in [0.25, 0.3) is 10.9 Å². The molecule has 0 spiro atoms. The fraction of sp³-hybridized carbons (Fsp3) is 0.360. The molecule has 6 heteroatoms. The molecule has 0 aliphatic heterocycles. The maximum absolute atomic E-state index is 12.7. The third-order valence-electron chi connectivity index (χ3n) is 5.77. The molecule has 0 bridgehead atoms. The van der Waals surface area contributed by atoms with Crippen LogP contribution in [0.1, 0.15) is 47.3 Å². The first-order valence-electron chi connectivity index (χ1n) is 10.9. The number of benzene rings is 2. The van der Waals surface area contributed by atoms with Crippen LogP contribution in [0.2, 0.25) is 0 Å². The molecular weight excluding hydrogens is 388 g/mol. The normalized spacial score (nSPS) is 14.4. The minimum absolute atomic E-state index is 0.146. The Labute approximate surface area is 183 Å². The standard InChI is InChI=1S/C25H30N4O2/c1-16-23(10-7-20-13-21(14-28-24(16)20)17(2)27-12-11-26)29-25(30)19-5-8-22(9-6-19)31-15-18-3-4-18/h5-10,13-14,17-18,27H,3-4,11-12,15,26H2,1-2H3,(H,29,30).